The van der Waals surface area contributed by atoms with E-state index >= 15 is 0 Å². The summed E-state index contributed by atoms with van der Waals surface area (Å²) in [5.41, 5.74) is 0.239. The van der Waals surface area contributed by atoms with Crippen LogP contribution in [0.2, 0.25) is 0 Å². The molecule has 0 aromatic heterocycles. The number of rotatable bonds is 2. The van der Waals surface area contributed by atoms with E-state index in [2.05, 4.69) is 67.8 Å². The molecule has 4 rings (SSSR count). The molecule has 0 aliphatic carbocycles. The van der Waals surface area contributed by atoms with Crippen molar-refractivity contribution in [2.24, 2.45) is 0 Å². The molecule has 0 unspecified atom stereocenters. The Balaban J connectivity index is 0.00000256. The molecular formula is C19H11I4NaO5S. The molecule has 1 aliphatic rings. The number of phenolic OH excluding ortho intramolecular Hbond substituents is 2. The van der Waals surface area contributed by atoms with E-state index < -0.39 is 15.7 Å². The summed E-state index contributed by atoms with van der Waals surface area (Å²) in [4.78, 5) is 0.161. The SMILES string of the molecule is O=S1(=O)OC(c2ccc(O)cc2)(c2ccc(O)cc2)c2c(I)c(I)c(I)c(I)c21.[NaH]. The molecule has 1 heterocycles. The maximum atomic E-state index is 13.3. The third kappa shape index (κ3) is 4.07. The van der Waals surface area contributed by atoms with E-state index in [9.17, 15) is 18.6 Å². The summed E-state index contributed by atoms with van der Waals surface area (Å²) in [6.45, 7) is 0. The molecule has 0 radical (unpaired) electrons. The molecule has 11 heteroatoms. The molecular weight excluding hydrogens is 871 g/mol. The third-order valence-electron chi connectivity index (χ3n) is 4.61. The van der Waals surface area contributed by atoms with Crippen LogP contribution in [0.4, 0.5) is 0 Å². The van der Waals surface area contributed by atoms with Gasteiger partial charge < -0.3 is 10.2 Å². The zero-order chi connectivity index (χ0) is 21.1. The third-order valence-corrected chi connectivity index (χ3v) is 13.8. The molecule has 0 amide bonds. The van der Waals surface area contributed by atoms with Crippen LogP contribution in [0.5, 0.6) is 11.5 Å². The molecule has 30 heavy (non-hydrogen) atoms. The zero-order valence-corrected chi connectivity index (χ0v) is 23.6. The Morgan fingerprint density at radius 3 is 1.53 bits per heavy atom. The summed E-state index contributed by atoms with van der Waals surface area (Å²) in [5.74, 6) is 0.134. The summed E-state index contributed by atoms with van der Waals surface area (Å²) in [7, 11) is -4.07. The monoisotopic (exact) mass is 882 g/mol. The standard InChI is InChI=1S/C19H10I4O5S.Na.H/c20-14-13-18(17(23)16(22)15(14)21)29(26,27)28-19(13,9-1-5-11(24)6-2-9)10-3-7-12(25)8-4-10;;/h1-8,24-25H;;. The van der Waals surface area contributed by atoms with Crippen LogP contribution < -0.4 is 0 Å². The Hall–Kier alpha value is 1.09. The van der Waals surface area contributed by atoms with Crippen LogP contribution >= 0.6 is 90.4 Å². The molecule has 1 aliphatic heterocycles. The number of hydrogen-bond donors (Lipinski definition) is 2. The van der Waals surface area contributed by atoms with Gasteiger partial charge in [-0.15, -0.1) is 0 Å². The Kier molecular flexibility index (Phi) is 8.04. The summed E-state index contributed by atoms with van der Waals surface area (Å²) >= 11 is 8.58. The van der Waals surface area contributed by atoms with Crippen LogP contribution in [0.3, 0.4) is 0 Å². The van der Waals surface area contributed by atoms with Crippen LogP contribution in [0.1, 0.15) is 16.7 Å². The van der Waals surface area contributed by atoms with Gasteiger partial charge in [0.25, 0.3) is 10.1 Å². The first-order valence-electron chi connectivity index (χ1n) is 8.00. The van der Waals surface area contributed by atoms with Gasteiger partial charge in [-0.2, -0.15) is 8.42 Å². The normalized spacial score (nSPS) is 16.0. The van der Waals surface area contributed by atoms with Gasteiger partial charge in [0.15, 0.2) is 5.60 Å². The molecule has 2 N–H and O–H groups in total. The molecule has 0 saturated heterocycles. The quantitative estimate of drug-likeness (QED) is 0.126. The van der Waals surface area contributed by atoms with Crippen molar-refractivity contribution in [2.45, 2.75) is 10.5 Å². The minimum atomic E-state index is -4.07. The first kappa shape index (κ1) is 25.7. The molecule has 0 atom stereocenters. The van der Waals surface area contributed by atoms with Gasteiger partial charge in [-0.25, -0.2) is 4.18 Å². The van der Waals surface area contributed by atoms with Crippen molar-refractivity contribution in [3.8, 4) is 11.5 Å². The average Bonchev–Trinajstić information content (AvgIpc) is 2.94. The Morgan fingerprint density at radius 2 is 1.10 bits per heavy atom. The van der Waals surface area contributed by atoms with Gasteiger partial charge in [-0.1, -0.05) is 24.3 Å². The van der Waals surface area contributed by atoms with Gasteiger partial charge in [0.05, 0.1) is 0 Å². The molecule has 5 nitrogen and oxygen atoms in total. The summed E-state index contributed by atoms with van der Waals surface area (Å²) in [6.07, 6.45) is 0. The van der Waals surface area contributed by atoms with Crippen LogP contribution in [0, 0.1) is 14.3 Å². The van der Waals surface area contributed by atoms with Gasteiger partial charge in [0.2, 0.25) is 0 Å². The van der Waals surface area contributed by atoms with E-state index in [1.54, 1.807) is 24.3 Å². The molecule has 0 spiro atoms. The van der Waals surface area contributed by atoms with Gasteiger partial charge in [-0.3, -0.25) is 0 Å². The number of benzene rings is 3. The number of fused-ring (bicyclic) bond motifs is 1. The fourth-order valence-corrected chi connectivity index (χ4v) is 9.60. The van der Waals surface area contributed by atoms with Gasteiger partial charge >= 0.3 is 29.6 Å². The van der Waals surface area contributed by atoms with E-state index in [1.165, 1.54) is 24.3 Å². The average molecular weight is 882 g/mol. The number of aromatic hydroxyl groups is 2. The summed E-state index contributed by atoms with van der Waals surface area (Å²) < 4.78 is 35.6. The van der Waals surface area contributed by atoms with Crippen LogP contribution in [0.25, 0.3) is 0 Å². The van der Waals surface area contributed by atoms with E-state index in [4.69, 9.17) is 4.18 Å². The topological polar surface area (TPSA) is 83.8 Å². The van der Waals surface area contributed by atoms with Crippen molar-refractivity contribution in [3.63, 3.8) is 0 Å². The predicted molar refractivity (Wildman–Crippen MR) is 149 cm³/mol. The van der Waals surface area contributed by atoms with Crippen LogP contribution in [0.15, 0.2) is 53.4 Å². The van der Waals surface area contributed by atoms with Crippen molar-refractivity contribution in [1.82, 2.24) is 0 Å². The Morgan fingerprint density at radius 1 is 0.700 bits per heavy atom. The van der Waals surface area contributed by atoms with Crippen LogP contribution in [-0.4, -0.2) is 48.2 Å². The van der Waals surface area contributed by atoms with Crippen molar-refractivity contribution in [2.75, 3.05) is 0 Å². The second kappa shape index (κ2) is 9.38. The zero-order valence-electron chi connectivity index (χ0n) is 14.2. The van der Waals surface area contributed by atoms with E-state index in [0.29, 0.717) is 20.3 Å². The molecule has 3 aromatic rings. The van der Waals surface area contributed by atoms with Gasteiger partial charge in [0.1, 0.15) is 16.4 Å². The minimum absolute atomic E-state index is 0. The molecule has 3 aromatic carbocycles. The second-order valence-electron chi connectivity index (χ2n) is 6.27. The first-order chi connectivity index (χ1) is 13.6. The summed E-state index contributed by atoms with van der Waals surface area (Å²) in [5, 5.41) is 19.5. The fourth-order valence-electron chi connectivity index (χ4n) is 3.35. The van der Waals surface area contributed by atoms with Gasteiger partial charge in [0, 0.05) is 19.8 Å². The van der Waals surface area contributed by atoms with E-state index in [1.807, 2.05) is 22.6 Å². The summed E-state index contributed by atoms with van der Waals surface area (Å²) in [6, 6.07) is 12.6. The molecule has 0 saturated carbocycles. The molecule has 0 bridgehead atoms. The number of hydrogen-bond acceptors (Lipinski definition) is 5. The number of phenols is 2. The van der Waals surface area contributed by atoms with E-state index in [0.717, 1.165) is 10.7 Å². The van der Waals surface area contributed by atoms with E-state index in [-0.39, 0.29) is 46.0 Å². The first-order valence-corrected chi connectivity index (χ1v) is 13.7. The molecule has 152 valence electrons. The van der Waals surface area contributed by atoms with Crippen molar-refractivity contribution >= 4 is 130 Å². The Bertz CT molecular complexity index is 1200. The Labute approximate surface area is 250 Å². The van der Waals surface area contributed by atoms with Crippen molar-refractivity contribution < 1.29 is 22.8 Å². The predicted octanol–water partition coefficient (Wildman–Crippen LogP) is 4.88. The van der Waals surface area contributed by atoms with Crippen LogP contribution in [-0.2, 0) is 19.9 Å². The molecule has 0 fully saturated rings. The number of halogens is 4. The fraction of sp³-hybridized carbons (Fsp3) is 0.0526. The van der Waals surface area contributed by atoms with Gasteiger partial charge in [-0.05, 0) is 126 Å². The second-order valence-corrected chi connectivity index (χ2v) is 12.1. The van der Waals surface area contributed by atoms with Crippen molar-refractivity contribution in [3.05, 3.63) is 79.5 Å². The van der Waals surface area contributed by atoms with Crippen molar-refractivity contribution in [1.29, 1.82) is 0 Å². The maximum absolute atomic E-state index is 13.3.